The summed E-state index contributed by atoms with van der Waals surface area (Å²) >= 11 is 0. The monoisotopic (exact) mass is 429 g/mol. The van der Waals surface area contributed by atoms with Gasteiger partial charge in [0, 0.05) is 32.6 Å². The Morgan fingerprint density at radius 1 is 0.906 bits per heavy atom. The molecule has 0 bridgehead atoms. The lowest BCUT2D eigenvalue weighted by molar-refractivity contribution is 0.0926. The Morgan fingerprint density at radius 2 is 1.59 bits per heavy atom. The van der Waals surface area contributed by atoms with Gasteiger partial charge < -0.3 is 9.47 Å². The highest BCUT2D eigenvalue weighted by Gasteiger charge is 2.50. The van der Waals surface area contributed by atoms with E-state index in [0.717, 1.165) is 25.5 Å². The zero-order valence-corrected chi connectivity index (χ0v) is 19.2. The molecule has 2 aliphatic heterocycles. The summed E-state index contributed by atoms with van der Waals surface area (Å²) in [5.74, 6) is 1.63. The second-order valence-electron chi connectivity index (χ2n) is 9.80. The number of hydrogen-bond donors (Lipinski definition) is 0. The number of rotatable bonds is 7. The first-order chi connectivity index (χ1) is 15.7. The molecule has 1 atom stereocenters. The smallest absolute Gasteiger partial charge is 0.137 e. The number of benzene rings is 2. The molecule has 1 spiro atoms. The van der Waals surface area contributed by atoms with Gasteiger partial charge in [-0.05, 0) is 61.9 Å². The van der Waals surface area contributed by atoms with Gasteiger partial charge in [0.15, 0.2) is 0 Å². The predicted octanol–water partition coefficient (Wildman–Crippen LogP) is 4.13. The molecule has 0 amide bonds. The van der Waals surface area contributed by atoms with E-state index in [2.05, 4.69) is 92.3 Å². The Kier molecular flexibility index (Phi) is 6.37. The molecule has 3 heterocycles. The van der Waals surface area contributed by atoms with Gasteiger partial charge in [-0.15, -0.1) is 10.2 Å². The van der Waals surface area contributed by atoms with E-state index < -0.39 is 0 Å². The summed E-state index contributed by atoms with van der Waals surface area (Å²) in [5, 5.41) is 8.79. The topological polar surface area (TPSA) is 37.2 Å². The van der Waals surface area contributed by atoms with Crippen LogP contribution in [0.4, 0.5) is 0 Å². The molecule has 5 nitrogen and oxygen atoms in total. The zero-order valence-electron chi connectivity index (χ0n) is 19.2. The fraction of sp³-hybridized carbons (Fsp3) is 0.481. The van der Waals surface area contributed by atoms with Crippen LogP contribution in [0.2, 0.25) is 0 Å². The van der Waals surface area contributed by atoms with Crippen molar-refractivity contribution in [3.8, 4) is 0 Å². The molecule has 1 unspecified atom stereocenters. The van der Waals surface area contributed by atoms with E-state index in [4.69, 9.17) is 0 Å². The van der Waals surface area contributed by atoms with E-state index in [-0.39, 0.29) is 0 Å². The molecule has 0 N–H and O–H groups in total. The standard InChI is InChI=1S/C27H35N5/c1-30-22-28-29-26(30)25-20-32(19-24-11-6-3-7-12-24)21-27(25)14-17-31(18-15-27)16-8-13-23-9-4-2-5-10-23/h2-7,9-12,22,25H,8,13-21H2,1H3. The SMILES string of the molecule is Cn1cnnc1C1CN(Cc2ccccc2)CC12CCN(CCCc1ccccc1)CC2. The molecular weight excluding hydrogens is 394 g/mol. The quantitative estimate of drug-likeness (QED) is 0.566. The number of hydrogen-bond acceptors (Lipinski definition) is 4. The molecule has 5 heteroatoms. The number of aromatic nitrogens is 3. The summed E-state index contributed by atoms with van der Waals surface area (Å²) in [5.41, 5.74) is 3.17. The van der Waals surface area contributed by atoms with Crippen LogP contribution >= 0.6 is 0 Å². The largest absolute Gasteiger partial charge is 0.320 e. The summed E-state index contributed by atoms with van der Waals surface area (Å²) in [4.78, 5) is 5.33. The number of likely N-dealkylation sites (tertiary alicyclic amines) is 2. The lowest BCUT2D eigenvalue weighted by atomic mass is 9.70. The van der Waals surface area contributed by atoms with Crippen molar-refractivity contribution < 1.29 is 0 Å². The molecule has 0 radical (unpaired) electrons. The van der Waals surface area contributed by atoms with Gasteiger partial charge in [-0.2, -0.15) is 0 Å². The van der Waals surface area contributed by atoms with Crippen LogP contribution in [0.3, 0.4) is 0 Å². The van der Waals surface area contributed by atoms with Crippen LogP contribution in [-0.4, -0.2) is 57.3 Å². The molecule has 2 saturated heterocycles. The average Bonchev–Trinajstić information content (AvgIpc) is 3.39. The Hall–Kier alpha value is -2.50. The minimum Gasteiger partial charge on any atom is -0.320 e. The van der Waals surface area contributed by atoms with Gasteiger partial charge in [-0.25, -0.2) is 0 Å². The van der Waals surface area contributed by atoms with Crippen molar-refractivity contribution in [2.24, 2.45) is 12.5 Å². The summed E-state index contributed by atoms with van der Waals surface area (Å²) < 4.78 is 2.14. The van der Waals surface area contributed by atoms with Crippen molar-refractivity contribution >= 4 is 0 Å². The van der Waals surface area contributed by atoms with Crippen LogP contribution in [0.1, 0.15) is 42.1 Å². The van der Waals surface area contributed by atoms with Gasteiger partial charge >= 0.3 is 0 Å². The van der Waals surface area contributed by atoms with E-state index in [1.807, 2.05) is 6.33 Å². The van der Waals surface area contributed by atoms with Crippen LogP contribution in [0.25, 0.3) is 0 Å². The van der Waals surface area contributed by atoms with Crippen LogP contribution in [0.15, 0.2) is 67.0 Å². The summed E-state index contributed by atoms with van der Waals surface area (Å²) in [6.07, 6.45) is 6.78. The van der Waals surface area contributed by atoms with Crippen molar-refractivity contribution in [1.29, 1.82) is 0 Å². The summed E-state index contributed by atoms with van der Waals surface area (Å²) in [6, 6.07) is 21.8. The Labute approximate surface area is 192 Å². The van der Waals surface area contributed by atoms with E-state index in [0.29, 0.717) is 11.3 Å². The first-order valence-electron chi connectivity index (χ1n) is 12.1. The van der Waals surface area contributed by atoms with Crippen molar-refractivity contribution in [1.82, 2.24) is 24.6 Å². The minimum absolute atomic E-state index is 0.311. The predicted molar refractivity (Wildman–Crippen MR) is 128 cm³/mol. The molecule has 2 fully saturated rings. The zero-order chi connectivity index (χ0) is 21.8. The minimum atomic E-state index is 0.311. The molecule has 0 saturated carbocycles. The van der Waals surface area contributed by atoms with Crippen LogP contribution in [-0.2, 0) is 20.0 Å². The third-order valence-electron chi connectivity index (χ3n) is 7.66. The molecule has 1 aromatic heterocycles. The summed E-state index contributed by atoms with van der Waals surface area (Å²) in [7, 11) is 2.10. The first-order valence-corrected chi connectivity index (χ1v) is 12.1. The molecule has 0 aliphatic carbocycles. The van der Waals surface area contributed by atoms with Crippen LogP contribution in [0.5, 0.6) is 0 Å². The van der Waals surface area contributed by atoms with E-state index >= 15 is 0 Å². The number of aryl methyl sites for hydroxylation is 2. The Morgan fingerprint density at radius 3 is 2.25 bits per heavy atom. The summed E-state index contributed by atoms with van der Waals surface area (Å²) in [6.45, 7) is 6.86. The highest BCUT2D eigenvalue weighted by atomic mass is 15.3. The maximum Gasteiger partial charge on any atom is 0.137 e. The number of piperidine rings is 1. The van der Waals surface area contributed by atoms with Crippen LogP contribution < -0.4 is 0 Å². The second-order valence-corrected chi connectivity index (χ2v) is 9.80. The normalized spacial score (nSPS) is 21.3. The van der Waals surface area contributed by atoms with Gasteiger partial charge in [-0.3, -0.25) is 4.90 Å². The van der Waals surface area contributed by atoms with Gasteiger partial charge in [0.2, 0.25) is 0 Å². The fourth-order valence-electron chi connectivity index (χ4n) is 5.88. The lowest BCUT2D eigenvalue weighted by Gasteiger charge is -2.42. The molecule has 168 valence electrons. The van der Waals surface area contributed by atoms with Crippen molar-refractivity contribution in [2.45, 2.75) is 38.1 Å². The highest BCUT2D eigenvalue weighted by molar-refractivity contribution is 5.18. The van der Waals surface area contributed by atoms with Crippen molar-refractivity contribution in [3.05, 3.63) is 83.9 Å². The molecule has 2 aromatic carbocycles. The first kappa shape index (κ1) is 21.4. The van der Waals surface area contributed by atoms with Gasteiger partial charge in [0.05, 0.1) is 0 Å². The Bertz CT molecular complexity index is 976. The highest BCUT2D eigenvalue weighted by Crippen LogP contribution is 2.49. The van der Waals surface area contributed by atoms with Crippen molar-refractivity contribution in [3.63, 3.8) is 0 Å². The maximum atomic E-state index is 4.56. The molecule has 2 aliphatic rings. The lowest BCUT2D eigenvalue weighted by Crippen LogP contribution is -2.44. The maximum absolute atomic E-state index is 4.56. The van der Waals surface area contributed by atoms with Gasteiger partial charge in [0.25, 0.3) is 0 Å². The van der Waals surface area contributed by atoms with Gasteiger partial charge in [-0.1, -0.05) is 60.7 Å². The second kappa shape index (κ2) is 9.55. The van der Waals surface area contributed by atoms with Gasteiger partial charge in [0.1, 0.15) is 12.2 Å². The molecule has 5 rings (SSSR count). The fourth-order valence-corrected chi connectivity index (χ4v) is 5.88. The average molecular weight is 430 g/mol. The Balaban J connectivity index is 1.23. The molecular formula is C27H35N5. The van der Waals surface area contributed by atoms with E-state index in [1.54, 1.807) is 0 Å². The van der Waals surface area contributed by atoms with E-state index in [9.17, 15) is 0 Å². The third-order valence-corrected chi connectivity index (χ3v) is 7.66. The number of nitrogens with zero attached hydrogens (tertiary/aromatic N) is 5. The van der Waals surface area contributed by atoms with Crippen molar-refractivity contribution in [2.75, 3.05) is 32.7 Å². The third kappa shape index (κ3) is 4.64. The van der Waals surface area contributed by atoms with E-state index in [1.165, 1.54) is 56.4 Å². The van der Waals surface area contributed by atoms with Crippen LogP contribution in [0, 0.1) is 5.41 Å². The molecule has 32 heavy (non-hydrogen) atoms. The molecule has 3 aromatic rings.